The van der Waals surface area contributed by atoms with Crippen LogP contribution in [0.25, 0.3) is 22.2 Å². The highest BCUT2D eigenvalue weighted by Gasteiger charge is 2.16. The van der Waals surface area contributed by atoms with E-state index in [9.17, 15) is 0 Å². The first-order valence-corrected chi connectivity index (χ1v) is 6.05. The van der Waals surface area contributed by atoms with Crippen LogP contribution in [0.4, 0.5) is 5.95 Å². The van der Waals surface area contributed by atoms with E-state index in [1.165, 1.54) is 0 Å². The van der Waals surface area contributed by atoms with Crippen LogP contribution in [0.3, 0.4) is 0 Å². The number of hydrogen-bond acceptors (Lipinski definition) is 2. The van der Waals surface area contributed by atoms with Crippen LogP contribution in [0.1, 0.15) is 5.69 Å². The molecule has 2 aromatic heterocycles. The molecule has 5 heteroatoms. The molecule has 2 heterocycles. The first-order chi connectivity index (χ1) is 8.16. The second kappa shape index (κ2) is 3.63. The highest BCUT2D eigenvalue weighted by molar-refractivity contribution is 9.10. The maximum atomic E-state index is 5.67. The number of anilines is 1. The van der Waals surface area contributed by atoms with E-state index in [0.29, 0.717) is 5.95 Å². The third-order valence-electron chi connectivity index (χ3n) is 2.81. The number of fused-ring (bicyclic) bond motifs is 1. The third kappa shape index (κ3) is 1.54. The van der Waals surface area contributed by atoms with Gasteiger partial charge < -0.3 is 15.7 Å². The summed E-state index contributed by atoms with van der Waals surface area (Å²) in [4.78, 5) is 10.6. The Bertz CT molecular complexity index is 696. The summed E-state index contributed by atoms with van der Waals surface area (Å²) >= 11 is 3.45. The molecule has 4 nitrogen and oxygen atoms in total. The zero-order chi connectivity index (χ0) is 12.0. The van der Waals surface area contributed by atoms with Gasteiger partial charge in [0.15, 0.2) is 5.95 Å². The van der Waals surface area contributed by atoms with Crippen LogP contribution in [-0.4, -0.2) is 15.0 Å². The maximum Gasteiger partial charge on any atom is 0.198 e. The molecule has 4 N–H and O–H groups in total. The standard InChI is InChI=1S/C12H11BrN4/c1-6-9(10-11(13)17-12(14)16-10)7-4-2-3-5-8(7)15-6/h2-5,15H,1H3,(H3,14,16,17). The zero-order valence-corrected chi connectivity index (χ0v) is 10.8. The van der Waals surface area contributed by atoms with Gasteiger partial charge in [-0.25, -0.2) is 4.98 Å². The van der Waals surface area contributed by atoms with Crippen LogP contribution in [0.2, 0.25) is 0 Å². The lowest BCUT2D eigenvalue weighted by Crippen LogP contribution is -1.86. The molecule has 3 rings (SSSR count). The van der Waals surface area contributed by atoms with E-state index in [1.54, 1.807) is 0 Å². The van der Waals surface area contributed by atoms with Crippen molar-refractivity contribution in [2.24, 2.45) is 0 Å². The number of aromatic amines is 2. The predicted octanol–water partition coefficient (Wildman–Crippen LogP) is 3.21. The molecule has 86 valence electrons. The van der Waals surface area contributed by atoms with E-state index in [1.807, 2.05) is 19.1 Å². The number of nitrogens with zero attached hydrogens (tertiary/aromatic N) is 1. The minimum absolute atomic E-state index is 0.413. The second-order valence-corrected chi connectivity index (χ2v) is 4.75. The number of aryl methyl sites for hydroxylation is 1. The van der Waals surface area contributed by atoms with Gasteiger partial charge in [-0.05, 0) is 28.9 Å². The van der Waals surface area contributed by atoms with Crippen LogP contribution in [0.5, 0.6) is 0 Å². The summed E-state index contributed by atoms with van der Waals surface area (Å²) in [6, 6.07) is 8.15. The number of hydrogen-bond donors (Lipinski definition) is 3. The number of nitrogens with two attached hydrogens (primary N) is 1. The fourth-order valence-electron chi connectivity index (χ4n) is 2.12. The Morgan fingerprint density at radius 3 is 2.71 bits per heavy atom. The summed E-state index contributed by atoms with van der Waals surface area (Å²) in [5.41, 5.74) is 9.79. The van der Waals surface area contributed by atoms with Gasteiger partial charge in [0.05, 0.1) is 0 Å². The van der Waals surface area contributed by atoms with Crippen molar-refractivity contribution in [2.75, 3.05) is 5.73 Å². The van der Waals surface area contributed by atoms with E-state index in [-0.39, 0.29) is 0 Å². The molecular weight excluding hydrogens is 280 g/mol. The summed E-state index contributed by atoms with van der Waals surface area (Å²) in [5, 5.41) is 1.15. The number of aromatic nitrogens is 3. The average molecular weight is 291 g/mol. The highest BCUT2D eigenvalue weighted by atomic mass is 79.9. The number of nitrogens with one attached hydrogen (secondary N) is 2. The van der Waals surface area contributed by atoms with Gasteiger partial charge in [0.25, 0.3) is 0 Å². The van der Waals surface area contributed by atoms with E-state index in [2.05, 4.69) is 43.0 Å². The van der Waals surface area contributed by atoms with Gasteiger partial charge in [0.1, 0.15) is 10.3 Å². The number of halogens is 1. The highest BCUT2D eigenvalue weighted by Crippen LogP contribution is 2.35. The minimum Gasteiger partial charge on any atom is -0.369 e. The Labute approximate surface area is 106 Å². The summed E-state index contributed by atoms with van der Waals surface area (Å²) < 4.78 is 0.808. The van der Waals surface area contributed by atoms with Crippen molar-refractivity contribution in [1.29, 1.82) is 0 Å². The topological polar surface area (TPSA) is 70.5 Å². The fourth-order valence-corrected chi connectivity index (χ4v) is 2.61. The van der Waals surface area contributed by atoms with Gasteiger partial charge in [0.2, 0.25) is 0 Å². The fraction of sp³-hybridized carbons (Fsp3) is 0.0833. The molecule has 0 aliphatic heterocycles. The quantitative estimate of drug-likeness (QED) is 0.644. The summed E-state index contributed by atoms with van der Waals surface area (Å²) in [7, 11) is 0. The zero-order valence-electron chi connectivity index (χ0n) is 9.21. The molecule has 0 bridgehead atoms. The molecule has 0 amide bonds. The number of para-hydroxylation sites is 1. The molecule has 0 unspecified atom stereocenters. The molecule has 3 aromatic rings. The normalized spacial score (nSPS) is 11.2. The van der Waals surface area contributed by atoms with Gasteiger partial charge in [-0.1, -0.05) is 18.2 Å². The number of imidazole rings is 1. The summed E-state index contributed by atoms with van der Waals surface area (Å²) in [6.07, 6.45) is 0. The van der Waals surface area contributed by atoms with Crippen molar-refractivity contribution in [2.45, 2.75) is 6.92 Å². The number of benzene rings is 1. The van der Waals surface area contributed by atoms with Crippen LogP contribution in [0, 0.1) is 6.92 Å². The van der Waals surface area contributed by atoms with Gasteiger partial charge in [0, 0.05) is 22.2 Å². The summed E-state index contributed by atoms with van der Waals surface area (Å²) in [6.45, 7) is 2.03. The average Bonchev–Trinajstić information content (AvgIpc) is 2.77. The Kier molecular flexibility index (Phi) is 2.22. The van der Waals surface area contributed by atoms with Crippen molar-refractivity contribution >= 4 is 32.8 Å². The van der Waals surface area contributed by atoms with Crippen LogP contribution >= 0.6 is 15.9 Å². The SMILES string of the molecule is Cc1[nH]c2ccccc2c1-c1nc(N)[nH]c1Br. The maximum absolute atomic E-state index is 5.67. The number of nitrogen functional groups attached to an aromatic ring is 1. The van der Waals surface area contributed by atoms with Gasteiger partial charge in [-0.3, -0.25) is 0 Å². The largest absolute Gasteiger partial charge is 0.369 e. The molecule has 0 spiro atoms. The lowest BCUT2D eigenvalue weighted by Gasteiger charge is -1.97. The lowest BCUT2D eigenvalue weighted by molar-refractivity contribution is 1.28. The molecule has 1 aromatic carbocycles. The van der Waals surface area contributed by atoms with E-state index >= 15 is 0 Å². The lowest BCUT2D eigenvalue weighted by atomic mass is 10.1. The Hall–Kier alpha value is -1.75. The number of H-pyrrole nitrogens is 2. The van der Waals surface area contributed by atoms with Gasteiger partial charge >= 0.3 is 0 Å². The van der Waals surface area contributed by atoms with Crippen molar-refractivity contribution in [3.8, 4) is 11.3 Å². The molecule has 0 saturated carbocycles. The molecule has 0 atom stereocenters. The Morgan fingerprint density at radius 1 is 1.24 bits per heavy atom. The summed E-state index contributed by atoms with van der Waals surface area (Å²) in [5.74, 6) is 0.413. The molecule has 17 heavy (non-hydrogen) atoms. The van der Waals surface area contributed by atoms with E-state index in [4.69, 9.17) is 5.73 Å². The van der Waals surface area contributed by atoms with Crippen molar-refractivity contribution < 1.29 is 0 Å². The smallest absolute Gasteiger partial charge is 0.198 e. The van der Waals surface area contributed by atoms with Crippen molar-refractivity contribution in [3.05, 3.63) is 34.6 Å². The van der Waals surface area contributed by atoms with Crippen LogP contribution in [0.15, 0.2) is 28.9 Å². The van der Waals surface area contributed by atoms with Crippen molar-refractivity contribution in [3.63, 3.8) is 0 Å². The first kappa shape index (κ1) is 10.4. The number of rotatable bonds is 1. The minimum atomic E-state index is 0.413. The molecule has 0 aliphatic rings. The Morgan fingerprint density at radius 2 is 2.00 bits per heavy atom. The Balaban J connectivity index is 2.37. The molecule has 0 saturated heterocycles. The monoisotopic (exact) mass is 290 g/mol. The first-order valence-electron chi connectivity index (χ1n) is 5.25. The third-order valence-corrected chi connectivity index (χ3v) is 3.38. The molecule has 0 radical (unpaired) electrons. The second-order valence-electron chi connectivity index (χ2n) is 3.96. The molecular formula is C12H11BrN4. The molecule has 0 aliphatic carbocycles. The van der Waals surface area contributed by atoms with E-state index in [0.717, 1.165) is 32.5 Å². The van der Waals surface area contributed by atoms with Crippen LogP contribution in [-0.2, 0) is 0 Å². The van der Waals surface area contributed by atoms with Gasteiger partial charge in [-0.15, -0.1) is 0 Å². The van der Waals surface area contributed by atoms with Crippen molar-refractivity contribution in [1.82, 2.24) is 15.0 Å². The molecule has 0 fully saturated rings. The van der Waals surface area contributed by atoms with E-state index < -0.39 is 0 Å². The van der Waals surface area contributed by atoms with Gasteiger partial charge in [-0.2, -0.15) is 0 Å². The predicted molar refractivity (Wildman–Crippen MR) is 72.7 cm³/mol. The van der Waals surface area contributed by atoms with Crippen LogP contribution < -0.4 is 5.73 Å².